The smallest absolute Gasteiger partial charge is 0.314 e. The van der Waals surface area contributed by atoms with Crippen LogP contribution < -0.4 is 16.4 Å². The van der Waals surface area contributed by atoms with Crippen LogP contribution in [0.4, 0.5) is 4.79 Å². The van der Waals surface area contributed by atoms with E-state index in [2.05, 4.69) is 22.9 Å². The molecule has 0 aliphatic rings. The summed E-state index contributed by atoms with van der Waals surface area (Å²) >= 11 is 4.68. The highest BCUT2D eigenvalue weighted by Crippen LogP contribution is 1.85. The van der Waals surface area contributed by atoms with Gasteiger partial charge in [0.25, 0.3) is 0 Å². The molecule has 0 aliphatic carbocycles. The molecule has 0 unspecified atom stereocenters. The Morgan fingerprint density at radius 2 is 2.17 bits per heavy atom. The van der Waals surface area contributed by atoms with E-state index in [0.717, 1.165) is 6.42 Å². The largest absolute Gasteiger partial charge is 0.393 e. The minimum Gasteiger partial charge on any atom is -0.393 e. The van der Waals surface area contributed by atoms with E-state index in [1.54, 1.807) is 0 Å². The number of rotatable bonds is 5. The molecule has 70 valence electrons. The van der Waals surface area contributed by atoms with Crippen molar-refractivity contribution in [1.29, 1.82) is 0 Å². The van der Waals surface area contributed by atoms with Crippen LogP contribution in [0, 0.1) is 0 Å². The van der Waals surface area contributed by atoms with E-state index in [0.29, 0.717) is 24.5 Å². The van der Waals surface area contributed by atoms with Gasteiger partial charge in [-0.2, -0.15) is 0 Å². The lowest BCUT2D eigenvalue weighted by Gasteiger charge is -2.04. The third kappa shape index (κ3) is 7.27. The number of carbonyl (C=O) groups excluding carboxylic acids is 1. The van der Waals surface area contributed by atoms with Gasteiger partial charge in [-0.05, 0) is 19.8 Å². The van der Waals surface area contributed by atoms with Crippen molar-refractivity contribution in [3.63, 3.8) is 0 Å². The summed E-state index contributed by atoms with van der Waals surface area (Å²) in [6.45, 7) is 3.12. The van der Waals surface area contributed by atoms with Gasteiger partial charge >= 0.3 is 6.03 Å². The van der Waals surface area contributed by atoms with Crippen molar-refractivity contribution in [3.05, 3.63) is 0 Å². The van der Waals surface area contributed by atoms with Crippen LogP contribution in [0.25, 0.3) is 0 Å². The lowest BCUT2D eigenvalue weighted by atomic mass is 10.3. The van der Waals surface area contributed by atoms with Crippen LogP contribution in [0.5, 0.6) is 0 Å². The summed E-state index contributed by atoms with van der Waals surface area (Å²) < 4.78 is 0. The Hall–Kier alpha value is -0.840. The van der Waals surface area contributed by atoms with Crippen LogP contribution in [0.3, 0.4) is 0 Å². The molecule has 4 N–H and O–H groups in total. The van der Waals surface area contributed by atoms with Gasteiger partial charge in [-0.1, -0.05) is 12.2 Å². The number of thiocarbonyl (C=S) groups is 1. The van der Waals surface area contributed by atoms with E-state index >= 15 is 0 Å². The van der Waals surface area contributed by atoms with Gasteiger partial charge in [0.15, 0.2) is 0 Å². The highest BCUT2D eigenvalue weighted by molar-refractivity contribution is 7.80. The van der Waals surface area contributed by atoms with E-state index in [9.17, 15) is 4.79 Å². The number of nitrogens with one attached hydrogen (secondary N) is 2. The molecule has 0 saturated heterocycles. The molecule has 0 aliphatic heterocycles. The first-order valence-corrected chi connectivity index (χ1v) is 4.37. The van der Waals surface area contributed by atoms with Crippen molar-refractivity contribution < 1.29 is 4.79 Å². The predicted molar refractivity (Wildman–Crippen MR) is 53.1 cm³/mol. The van der Waals surface area contributed by atoms with Crippen molar-refractivity contribution in [2.75, 3.05) is 13.1 Å². The first kappa shape index (κ1) is 11.2. The molecule has 0 aromatic heterocycles. The summed E-state index contributed by atoms with van der Waals surface area (Å²) in [7, 11) is 0. The Morgan fingerprint density at radius 1 is 1.50 bits per heavy atom. The Labute approximate surface area is 77.9 Å². The van der Waals surface area contributed by atoms with Crippen molar-refractivity contribution in [3.8, 4) is 0 Å². The minimum atomic E-state index is -0.138. The molecule has 0 heterocycles. The highest BCUT2D eigenvalue weighted by atomic mass is 32.1. The summed E-state index contributed by atoms with van der Waals surface area (Å²) in [6, 6.07) is -0.138. The molecular formula is C7H15N3OS. The van der Waals surface area contributed by atoms with E-state index in [-0.39, 0.29) is 6.03 Å². The molecule has 4 nitrogen and oxygen atoms in total. The zero-order chi connectivity index (χ0) is 9.40. The molecule has 0 bridgehead atoms. The molecule has 0 saturated carbocycles. The van der Waals surface area contributed by atoms with Gasteiger partial charge in [0.05, 0.1) is 4.99 Å². The summed E-state index contributed by atoms with van der Waals surface area (Å²) in [6.07, 6.45) is 1.48. The summed E-state index contributed by atoms with van der Waals surface area (Å²) in [5.41, 5.74) is 5.27. The molecule has 0 atom stereocenters. The molecule has 2 amide bonds. The van der Waals surface area contributed by atoms with E-state index < -0.39 is 0 Å². The van der Waals surface area contributed by atoms with Crippen LogP contribution in [-0.2, 0) is 0 Å². The van der Waals surface area contributed by atoms with Crippen LogP contribution in [-0.4, -0.2) is 24.1 Å². The fourth-order valence-corrected chi connectivity index (χ4v) is 0.832. The molecule has 0 rings (SSSR count). The molecule has 0 spiro atoms. The number of nitrogens with two attached hydrogens (primary N) is 1. The molecule has 0 radical (unpaired) electrons. The predicted octanol–water partition coefficient (Wildman–Crippen LogP) is 0.372. The highest BCUT2D eigenvalue weighted by Gasteiger charge is 1.95. The summed E-state index contributed by atoms with van der Waals surface area (Å²) in [5, 5.41) is 5.29. The zero-order valence-corrected chi connectivity index (χ0v) is 8.04. The third-order valence-corrected chi connectivity index (χ3v) is 1.43. The summed E-state index contributed by atoms with van der Waals surface area (Å²) in [4.78, 5) is 11.3. The fourth-order valence-electron chi connectivity index (χ4n) is 0.688. The average molecular weight is 189 g/mol. The maximum absolute atomic E-state index is 10.8. The zero-order valence-electron chi connectivity index (χ0n) is 7.22. The Kier molecular flexibility index (Phi) is 6.37. The number of urea groups is 1. The number of hydrogen-bond donors (Lipinski definition) is 3. The van der Waals surface area contributed by atoms with Gasteiger partial charge < -0.3 is 16.4 Å². The van der Waals surface area contributed by atoms with Crippen molar-refractivity contribution >= 4 is 23.2 Å². The molecule has 0 fully saturated rings. The van der Waals surface area contributed by atoms with Gasteiger partial charge in [0.1, 0.15) is 0 Å². The third-order valence-electron chi connectivity index (χ3n) is 1.22. The molecular weight excluding hydrogens is 174 g/mol. The van der Waals surface area contributed by atoms with Crippen LogP contribution >= 0.6 is 12.2 Å². The van der Waals surface area contributed by atoms with Gasteiger partial charge in [0, 0.05) is 13.1 Å². The fraction of sp³-hybridized carbons (Fsp3) is 0.714. The van der Waals surface area contributed by atoms with Crippen LogP contribution in [0.1, 0.15) is 19.8 Å². The first-order chi connectivity index (χ1) is 5.66. The second-order valence-corrected chi connectivity index (χ2v) is 2.88. The van der Waals surface area contributed by atoms with E-state index in [1.807, 2.05) is 6.92 Å². The number of carbonyl (C=O) groups is 1. The average Bonchev–Trinajstić information content (AvgIpc) is 1.98. The second kappa shape index (κ2) is 6.84. The van der Waals surface area contributed by atoms with Gasteiger partial charge in [-0.25, -0.2) is 4.79 Å². The maximum Gasteiger partial charge on any atom is 0.314 e. The van der Waals surface area contributed by atoms with Gasteiger partial charge in [0.2, 0.25) is 0 Å². The number of amides is 2. The van der Waals surface area contributed by atoms with Crippen molar-refractivity contribution in [2.24, 2.45) is 5.73 Å². The Morgan fingerprint density at radius 3 is 2.67 bits per heavy atom. The molecule has 0 aromatic carbocycles. The minimum absolute atomic E-state index is 0.138. The SMILES string of the molecule is CCNC(=O)NCCCC(N)=S. The monoisotopic (exact) mass is 189 g/mol. The van der Waals surface area contributed by atoms with Crippen molar-refractivity contribution in [2.45, 2.75) is 19.8 Å². The quantitative estimate of drug-likeness (QED) is 0.432. The first-order valence-electron chi connectivity index (χ1n) is 3.96. The van der Waals surface area contributed by atoms with Gasteiger partial charge in [-0.3, -0.25) is 0 Å². The van der Waals surface area contributed by atoms with Crippen molar-refractivity contribution in [1.82, 2.24) is 10.6 Å². The molecule has 5 heteroatoms. The number of hydrogen-bond acceptors (Lipinski definition) is 2. The van der Waals surface area contributed by atoms with Crippen LogP contribution in [0.2, 0.25) is 0 Å². The normalized spacial score (nSPS) is 9.08. The Bertz CT molecular complexity index is 161. The summed E-state index contributed by atoms with van der Waals surface area (Å²) in [5.74, 6) is 0. The maximum atomic E-state index is 10.8. The topological polar surface area (TPSA) is 67.2 Å². The standard InChI is InChI=1S/C7H15N3OS/c1-2-9-7(11)10-5-3-4-6(8)12/h2-5H2,1H3,(H2,8,12)(H2,9,10,11). The molecule has 0 aromatic rings. The van der Waals surface area contributed by atoms with E-state index in [4.69, 9.17) is 5.73 Å². The second-order valence-electron chi connectivity index (χ2n) is 2.36. The van der Waals surface area contributed by atoms with E-state index in [1.165, 1.54) is 0 Å². The van der Waals surface area contributed by atoms with Crippen LogP contribution in [0.15, 0.2) is 0 Å². The lowest BCUT2D eigenvalue weighted by Crippen LogP contribution is -2.35. The Balaban J connectivity index is 3.19. The lowest BCUT2D eigenvalue weighted by molar-refractivity contribution is 0.241. The molecule has 12 heavy (non-hydrogen) atoms. The van der Waals surface area contributed by atoms with Gasteiger partial charge in [-0.15, -0.1) is 0 Å².